The number of nitrogens with one attached hydrogen (secondary N) is 1. The molecule has 6 heteroatoms. The Morgan fingerprint density at radius 3 is 2.77 bits per heavy atom. The molecule has 0 saturated heterocycles. The van der Waals surface area contributed by atoms with E-state index in [0.29, 0.717) is 10.6 Å². The number of thiophene rings is 1. The molecule has 0 aliphatic rings. The molecule has 1 atom stereocenters. The van der Waals surface area contributed by atoms with Gasteiger partial charge in [-0.25, -0.2) is 4.98 Å². The summed E-state index contributed by atoms with van der Waals surface area (Å²) in [6.07, 6.45) is 0. The van der Waals surface area contributed by atoms with Crippen LogP contribution in [0.4, 0.5) is 0 Å². The van der Waals surface area contributed by atoms with E-state index in [2.05, 4.69) is 10.3 Å². The molecule has 3 aromatic rings. The second-order valence-electron chi connectivity index (χ2n) is 5.05. The molecule has 22 heavy (non-hydrogen) atoms. The monoisotopic (exact) mass is 332 g/mol. The summed E-state index contributed by atoms with van der Waals surface area (Å²) in [6.45, 7) is 5.72. The zero-order chi connectivity index (χ0) is 15.7. The van der Waals surface area contributed by atoms with Crippen LogP contribution in [0.1, 0.15) is 39.0 Å². The largest absolute Gasteiger partial charge is 0.459 e. The third kappa shape index (κ3) is 2.98. The van der Waals surface area contributed by atoms with E-state index in [-0.39, 0.29) is 11.9 Å². The lowest BCUT2D eigenvalue weighted by Crippen LogP contribution is -2.25. The highest BCUT2D eigenvalue weighted by atomic mass is 32.1. The fourth-order valence-corrected chi connectivity index (χ4v) is 3.80. The number of nitrogens with zero attached hydrogens (tertiary/aromatic N) is 1. The van der Waals surface area contributed by atoms with Gasteiger partial charge in [-0.1, -0.05) is 6.07 Å². The van der Waals surface area contributed by atoms with E-state index in [1.807, 2.05) is 50.4 Å². The van der Waals surface area contributed by atoms with Gasteiger partial charge in [-0.05, 0) is 44.4 Å². The number of thiazole rings is 1. The summed E-state index contributed by atoms with van der Waals surface area (Å²) in [5, 5.41) is 5.76. The average Bonchev–Trinajstić information content (AvgIpc) is 3.18. The van der Waals surface area contributed by atoms with E-state index in [4.69, 9.17) is 4.42 Å². The summed E-state index contributed by atoms with van der Waals surface area (Å²) in [5.74, 6) is 1.45. The Morgan fingerprint density at radius 1 is 1.32 bits per heavy atom. The summed E-state index contributed by atoms with van der Waals surface area (Å²) < 4.78 is 5.58. The zero-order valence-corrected chi connectivity index (χ0v) is 14.2. The minimum Gasteiger partial charge on any atom is -0.459 e. The van der Waals surface area contributed by atoms with Gasteiger partial charge in [0.25, 0.3) is 5.91 Å². The lowest BCUT2D eigenvalue weighted by molar-refractivity contribution is 0.0944. The number of rotatable bonds is 4. The van der Waals surface area contributed by atoms with Crippen LogP contribution in [0.5, 0.6) is 0 Å². The first-order valence-corrected chi connectivity index (χ1v) is 8.62. The van der Waals surface area contributed by atoms with Gasteiger partial charge in [-0.3, -0.25) is 4.79 Å². The molecule has 1 N–H and O–H groups in total. The lowest BCUT2D eigenvalue weighted by Gasteiger charge is -2.11. The maximum atomic E-state index is 12.5. The summed E-state index contributed by atoms with van der Waals surface area (Å²) >= 11 is 3.00. The molecule has 0 bridgehead atoms. The minimum absolute atomic E-state index is 0.0108. The van der Waals surface area contributed by atoms with Gasteiger partial charge in [0.1, 0.15) is 10.6 Å². The predicted octanol–water partition coefficient (Wildman–Crippen LogP) is 4.57. The number of hydrogen-bond acceptors (Lipinski definition) is 5. The maximum Gasteiger partial charge on any atom is 0.263 e. The van der Waals surface area contributed by atoms with E-state index < -0.39 is 0 Å². The van der Waals surface area contributed by atoms with Crippen molar-refractivity contribution in [2.45, 2.75) is 26.8 Å². The Hall–Kier alpha value is -1.92. The molecule has 0 saturated carbocycles. The fourth-order valence-electron chi connectivity index (χ4n) is 2.13. The quantitative estimate of drug-likeness (QED) is 0.761. The molecule has 3 heterocycles. The van der Waals surface area contributed by atoms with E-state index in [9.17, 15) is 4.79 Å². The molecule has 4 nitrogen and oxygen atoms in total. The third-order valence-corrected chi connectivity index (χ3v) is 5.50. The van der Waals surface area contributed by atoms with Gasteiger partial charge < -0.3 is 9.73 Å². The number of carbonyl (C=O) groups excluding carboxylic acids is 1. The van der Waals surface area contributed by atoms with Crippen LogP contribution in [0, 0.1) is 13.8 Å². The molecule has 1 amide bonds. The highest BCUT2D eigenvalue weighted by molar-refractivity contribution is 7.17. The topological polar surface area (TPSA) is 55.1 Å². The SMILES string of the molecule is Cc1ccc(-c2nc(C)c(C(=O)N[C@H](C)c3cccs3)s2)o1. The smallest absolute Gasteiger partial charge is 0.263 e. The molecule has 0 fully saturated rings. The number of hydrogen-bond donors (Lipinski definition) is 1. The summed E-state index contributed by atoms with van der Waals surface area (Å²) in [6, 6.07) is 7.77. The molecule has 0 aliphatic carbocycles. The highest BCUT2D eigenvalue weighted by Gasteiger charge is 2.19. The van der Waals surface area contributed by atoms with E-state index in [1.54, 1.807) is 11.3 Å². The Bertz CT molecular complexity index is 787. The normalized spacial score (nSPS) is 12.3. The van der Waals surface area contributed by atoms with Crippen LogP contribution in [-0.2, 0) is 0 Å². The number of carbonyl (C=O) groups is 1. The van der Waals surface area contributed by atoms with Crippen molar-refractivity contribution in [3.63, 3.8) is 0 Å². The van der Waals surface area contributed by atoms with Crippen LogP contribution < -0.4 is 5.32 Å². The van der Waals surface area contributed by atoms with Crippen molar-refractivity contribution in [1.82, 2.24) is 10.3 Å². The Labute approximate surface area is 136 Å². The van der Waals surface area contributed by atoms with Crippen molar-refractivity contribution in [3.8, 4) is 10.8 Å². The standard InChI is InChI=1S/C16H16N2O2S2/c1-9-6-7-12(20-9)16-18-11(3)14(22-16)15(19)17-10(2)13-5-4-8-21-13/h4-8,10H,1-3H3,(H,17,19)/t10-/m1/s1. The molecule has 0 aromatic carbocycles. The van der Waals surface area contributed by atoms with Gasteiger partial charge in [0.05, 0.1) is 11.7 Å². The van der Waals surface area contributed by atoms with Gasteiger partial charge in [0, 0.05) is 4.88 Å². The minimum atomic E-state index is -0.0922. The van der Waals surface area contributed by atoms with E-state index in [1.165, 1.54) is 11.3 Å². The molecule has 0 unspecified atom stereocenters. The first kappa shape index (κ1) is 15.0. The molecule has 3 aromatic heterocycles. The lowest BCUT2D eigenvalue weighted by atomic mass is 10.2. The average molecular weight is 332 g/mol. The summed E-state index contributed by atoms with van der Waals surface area (Å²) in [4.78, 5) is 18.7. The second kappa shape index (κ2) is 6.06. The van der Waals surface area contributed by atoms with Gasteiger partial charge in [-0.15, -0.1) is 22.7 Å². The molecular formula is C16H16N2O2S2. The number of amides is 1. The van der Waals surface area contributed by atoms with Gasteiger partial charge >= 0.3 is 0 Å². The van der Waals surface area contributed by atoms with Gasteiger partial charge in [-0.2, -0.15) is 0 Å². The number of furan rings is 1. The van der Waals surface area contributed by atoms with Crippen molar-refractivity contribution in [3.05, 3.63) is 50.9 Å². The van der Waals surface area contributed by atoms with Crippen LogP contribution in [0.2, 0.25) is 0 Å². The highest BCUT2D eigenvalue weighted by Crippen LogP contribution is 2.29. The molecule has 0 spiro atoms. The maximum absolute atomic E-state index is 12.5. The van der Waals surface area contributed by atoms with Crippen molar-refractivity contribution < 1.29 is 9.21 Å². The molecule has 0 radical (unpaired) electrons. The fraction of sp³-hybridized carbons (Fsp3) is 0.250. The van der Waals surface area contributed by atoms with Crippen LogP contribution in [0.15, 0.2) is 34.1 Å². The van der Waals surface area contributed by atoms with Crippen LogP contribution in [-0.4, -0.2) is 10.9 Å². The molecule has 3 rings (SSSR count). The summed E-state index contributed by atoms with van der Waals surface area (Å²) in [7, 11) is 0. The first-order chi connectivity index (χ1) is 10.5. The van der Waals surface area contributed by atoms with Crippen molar-refractivity contribution in [2.75, 3.05) is 0 Å². The summed E-state index contributed by atoms with van der Waals surface area (Å²) in [5.41, 5.74) is 0.727. The van der Waals surface area contributed by atoms with Crippen molar-refractivity contribution in [2.24, 2.45) is 0 Å². The van der Waals surface area contributed by atoms with Crippen LogP contribution >= 0.6 is 22.7 Å². The zero-order valence-electron chi connectivity index (χ0n) is 12.5. The van der Waals surface area contributed by atoms with Gasteiger partial charge in [0.2, 0.25) is 0 Å². The molecule has 114 valence electrons. The van der Waals surface area contributed by atoms with Gasteiger partial charge in [0.15, 0.2) is 10.8 Å². The number of aryl methyl sites for hydroxylation is 2. The predicted molar refractivity (Wildman–Crippen MR) is 89.5 cm³/mol. The Kier molecular flexibility index (Phi) is 4.13. The Morgan fingerprint density at radius 2 is 2.14 bits per heavy atom. The molecule has 0 aliphatic heterocycles. The van der Waals surface area contributed by atoms with Crippen LogP contribution in [0.25, 0.3) is 10.8 Å². The third-order valence-electron chi connectivity index (χ3n) is 3.27. The Balaban J connectivity index is 1.80. The second-order valence-corrected chi connectivity index (χ2v) is 7.03. The molecular weight excluding hydrogens is 316 g/mol. The van der Waals surface area contributed by atoms with Crippen molar-refractivity contribution in [1.29, 1.82) is 0 Å². The van der Waals surface area contributed by atoms with Crippen molar-refractivity contribution >= 4 is 28.6 Å². The van der Waals surface area contributed by atoms with Crippen LogP contribution in [0.3, 0.4) is 0 Å². The number of aromatic nitrogens is 1. The first-order valence-electron chi connectivity index (χ1n) is 6.93. The van der Waals surface area contributed by atoms with E-state index >= 15 is 0 Å². The van der Waals surface area contributed by atoms with E-state index in [0.717, 1.165) is 21.3 Å².